The summed E-state index contributed by atoms with van der Waals surface area (Å²) in [5.41, 5.74) is 1.45. The molecule has 0 aliphatic carbocycles. The maximum Gasteiger partial charge on any atom is 0.254 e. The fourth-order valence-electron chi connectivity index (χ4n) is 4.38. The van der Waals surface area contributed by atoms with Crippen molar-refractivity contribution in [1.82, 2.24) is 19.9 Å². The fraction of sp³-hybridized carbons (Fsp3) is 0.360. The van der Waals surface area contributed by atoms with Crippen molar-refractivity contribution in [2.45, 2.75) is 18.8 Å². The number of carbonyl (C=O) groups is 1. The second-order valence-corrected chi connectivity index (χ2v) is 8.25. The van der Waals surface area contributed by atoms with Gasteiger partial charge in [-0.25, -0.2) is 9.97 Å². The summed E-state index contributed by atoms with van der Waals surface area (Å²) < 4.78 is 11.5. The number of amides is 1. The first-order valence-electron chi connectivity index (χ1n) is 11.4. The molecule has 1 amide bonds. The number of hydrogen-bond donors (Lipinski definition) is 0. The van der Waals surface area contributed by atoms with Gasteiger partial charge in [0.15, 0.2) is 0 Å². The fourth-order valence-corrected chi connectivity index (χ4v) is 4.38. The van der Waals surface area contributed by atoms with Crippen LogP contribution in [0.3, 0.4) is 0 Å². The van der Waals surface area contributed by atoms with Crippen LogP contribution >= 0.6 is 0 Å². The standard InChI is InChI=1S/C25H27N5O3/c31-25(19-8-9-26-22(17-19)29-13-15-32-16-14-29)30-12-4-5-20(18-30)23-24(28-11-10-27-23)33-21-6-2-1-3-7-21/h1-3,6-11,17,20H,4-5,12-16,18H2/t20-/m1/s1. The smallest absolute Gasteiger partial charge is 0.254 e. The van der Waals surface area contributed by atoms with Crippen LogP contribution in [-0.2, 0) is 4.74 Å². The zero-order valence-corrected chi connectivity index (χ0v) is 18.5. The molecule has 4 heterocycles. The van der Waals surface area contributed by atoms with E-state index in [9.17, 15) is 4.79 Å². The minimum Gasteiger partial charge on any atom is -0.437 e. The van der Waals surface area contributed by atoms with Crippen molar-refractivity contribution in [2.24, 2.45) is 0 Å². The van der Waals surface area contributed by atoms with Gasteiger partial charge in [0, 0.05) is 56.3 Å². The van der Waals surface area contributed by atoms with Gasteiger partial charge in [0.2, 0.25) is 5.88 Å². The third kappa shape index (κ3) is 4.96. The normalized spacial score (nSPS) is 18.7. The Morgan fingerprint density at radius 2 is 1.79 bits per heavy atom. The molecule has 8 heteroatoms. The van der Waals surface area contributed by atoms with Crippen molar-refractivity contribution in [3.63, 3.8) is 0 Å². The molecule has 2 aromatic heterocycles. The van der Waals surface area contributed by atoms with Gasteiger partial charge in [-0.2, -0.15) is 0 Å². The molecule has 0 radical (unpaired) electrons. The van der Waals surface area contributed by atoms with E-state index in [1.165, 1.54) is 0 Å². The van der Waals surface area contributed by atoms with Crippen LogP contribution in [0.4, 0.5) is 5.82 Å². The van der Waals surface area contributed by atoms with Crippen LogP contribution in [-0.4, -0.2) is 65.2 Å². The Morgan fingerprint density at radius 1 is 0.970 bits per heavy atom. The van der Waals surface area contributed by atoms with Gasteiger partial charge in [0.1, 0.15) is 17.3 Å². The van der Waals surface area contributed by atoms with E-state index in [4.69, 9.17) is 9.47 Å². The summed E-state index contributed by atoms with van der Waals surface area (Å²) in [6.45, 7) is 4.23. The third-order valence-corrected chi connectivity index (χ3v) is 6.07. The zero-order valence-electron chi connectivity index (χ0n) is 18.5. The summed E-state index contributed by atoms with van der Waals surface area (Å²) in [4.78, 5) is 30.9. The zero-order chi connectivity index (χ0) is 22.5. The van der Waals surface area contributed by atoms with Crippen LogP contribution in [0.15, 0.2) is 61.1 Å². The summed E-state index contributed by atoms with van der Waals surface area (Å²) in [6.07, 6.45) is 6.87. The molecular formula is C25H27N5O3. The summed E-state index contributed by atoms with van der Waals surface area (Å²) in [5.74, 6) is 2.13. The first kappa shape index (κ1) is 21.3. The Kier molecular flexibility index (Phi) is 6.44. The second-order valence-electron chi connectivity index (χ2n) is 8.25. The van der Waals surface area contributed by atoms with Gasteiger partial charge in [-0.15, -0.1) is 0 Å². The van der Waals surface area contributed by atoms with Gasteiger partial charge in [-0.3, -0.25) is 9.78 Å². The number of piperidine rings is 1. The lowest BCUT2D eigenvalue weighted by Gasteiger charge is -2.33. The number of pyridine rings is 1. The number of ether oxygens (including phenoxy) is 2. The molecule has 2 aliphatic heterocycles. The van der Waals surface area contributed by atoms with E-state index in [0.717, 1.165) is 49.7 Å². The topological polar surface area (TPSA) is 80.7 Å². The summed E-state index contributed by atoms with van der Waals surface area (Å²) in [5, 5.41) is 0. The molecule has 2 fully saturated rings. The Hall–Kier alpha value is -3.52. The highest BCUT2D eigenvalue weighted by Gasteiger charge is 2.29. The highest BCUT2D eigenvalue weighted by molar-refractivity contribution is 5.95. The predicted molar refractivity (Wildman–Crippen MR) is 124 cm³/mol. The Balaban J connectivity index is 1.32. The van der Waals surface area contributed by atoms with E-state index in [2.05, 4.69) is 19.9 Å². The largest absolute Gasteiger partial charge is 0.437 e. The van der Waals surface area contributed by atoms with Crippen molar-refractivity contribution in [3.8, 4) is 11.6 Å². The van der Waals surface area contributed by atoms with Crippen LogP contribution in [0.5, 0.6) is 11.6 Å². The van der Waals surface area contributed by atoms with Gasteiger partial charge in [0.05, 0.1) is 13.2 Å². The lowest BCUT2D eigenvalue weighted by atomic mass is 9.94. The first-order chi connectivity index (χ1) is 16.3. The van der Waals surface area contributed by atoms with E-state index in [-0.39, 0.29) is 11.8 Å². The molecule has 170 valence electrons. The molecule has 5 rings (SSSR count). The number of nitrogens with zero attached hydrogens (tertiary/aromatic N) is 5. The van der Waals surface area contributed by atoms with Crippen molar-refractivity contribution in [2.75, 3.05) is 44.3 Å². The molecule has 2 saturated heterocycles. The average Bonchev–Trinajstić information content (AvgIpc) is 2.90. The van der Waals surface area contributed by atoms with Crippen molar-refractivity contribution in [1.29, 1.82) is 0 Å². The molecule has 0 unspecified atom stereocenters. The number of rotatable bonds is 5. The molecule has 3 aromatic rings. The van der Waals surface area contributed by atoms with Gasteiger partial charge in [-0.05, 0) is 37.1 Å². The van der Waals surface area contributed by atoms with E-state index in [1.807, 2.05) is 41.3 Å². The Bertz CT molecular complexity index is 1090. The van der Waals surface area contributed by atoms with E-state index < -0.39 is 0 Å². The first-order valence-corrected chi connectivity index (χ1v) is 11.4. The number of carbonyl (C=O) groups excluding carboxylic acids is 1. The number of hydrogen-bond acceptors (Lipinski definition) is 7. The molecule has 33 heavy (non-hydrogen) atoms. The van der Waals surface area contributed by atoms with Gasteiger partial charge in [-0.1, -0.05) is 18.2 Å². The quantitative estimate of drug-likeness (QED) is 0.594. The highest BCUT2D eigenvalue weighted by Crippen LogP contribution is 2.33. The number of morpholine rings is 1. The molecule has 0 spiro atoms. The molecule has 0 N–H and O–H groups in total. The molecule has 8 nitrogen and oxygen atoms in total. The van der Waals surface area contributed by atoms with Crippen LogP contribution in [0.25, 0.3) is 0 Å². The number of para-hydroxylation sites is 1. The SMILES string of the molecule is O=C(c1ccnc(N2CCOCC2)c1)N1CCC[C@@H](c2nccnc2Oc2ccccc2)C1. The number of aromatic nitrogens is 3. The minimum absolute atomic E-state index is 0.0195. The average molecular weight is 446 g/mol. The highest BCUT2D eigenvalue weighted by atomic mass is 16.5. The van der Waals surface area contributed by atoms with Crippen LogP contribution < -0.4 is 9.64 Å². The van der Waals surface area contributed by atoms with E-state index in [1.54, 1.807) is 24.7 Å². The third-order valence-electron chi connectivity index (χ3n) is 6.07. The van der Waals surface area contributed by atoms with E-state index >= 15 is 0 Å². The maximum atomic E-state index is 13.4. The molecule has 1 aromatic carbocycles. The monoisotopic (exact) mass is 445 g/mol. The van der Waals surface area contributed by atoms with Gasteiger partial charge >= 0.3 is 0 Å². The second kappa shape index (κ2) is 9.95. The molecule has 0 bridgehead atoms. The summed E-state index contributed by atoms with van der Waals surface area (Å²) in [7, 11) is 0. The Morgan fingerprint density at radius 3 is 2.64 bits per heavy atom. The van der Waals surface area contributed by atoms with Gasteiger partial charge in [0.25, 0.3) is 5.91 Å². The lowest BCUT2D eigenvalue weighted by molar-refractivity contribution is 0.0704. The number of likely N-dealkylation sites (tertiary alicyclic amines) is 1. The van der Waals surface area contributed by atoms with Crippen LogP contribution in [0.2, 0.25) is 0 Å². The molecule has 0 saturated carbocycles. The van der Waals surface area contributed by atoms with Gasteiger partial charge < -0.3 is 19.3 Å². The number of benzene rings is 1. The molecule has 2 aliphatic rings. The van der Waals surface area contributed by atoms with Crippen LogP contribution in [0, 0.1) is 0 Å². The molecule has 1 atom stereocenters. The predicted octanol–water partition coefficient (Wildman–Crippen LogP) is 3.52. The lowest BCUT2D eigenvalue weighted by Crippen LogP contribution is -2.40. The van der Waals surface area contributed by atoms with Crippen molar-refractivity contribution in [3.05, 3.63) is 72.3 Å². The number of anilines is 1. The Labute approximate surface area is 193 Å². The van der Waals surface area contributed by atoms with Crippen molar-refractivity contribution >= 4 is 11.7 Å². The van der Waals surface area contributed by atoms with E-state index in [0.29, 0.717) is 31.2 Å². The van der Waals surface area contributed by atoms with Crippen molar-refractivity contribution < 1.29 is 14.3 Å². The molecular weight excluding hydrogens is 418 g/mol. The summed E-state index contributed by atoms with van der Waals surface area (Å²) >= 11 is 0. The minimum atomic E-state index is 0.0195. The maximum absolute atomic E-state index is 13.4. The van der Waals surface area contributed by atoms with Crippen LogP contribution in [0.1, 0.15) is 34.8 Å². The summed E-state index contributed by atoms with van der Waals surface area (Å²) in [6, 6.07) is 13.3.